The van der Waals surface area contributed by atoms with Crippen molar-refractivity contribution >= 4 is 11.7 Å². The number of unbranched alkanes of at least 4 members (excludes halogenated alkanes) is 1. The zero-order valence-electron chi connectivity index (χ0n) is 18.6. The minimum atomic E-state index is -4.49. The Morgan fingerprint density at radius 2 is 1.78 bits per heavy atom. The van der Waals surface area contributed by atoms with E-state index >= 15 is 0 Å². The van der Waals surface area contributed by atoms with Crippen LogP contribution >= 0.6 is 0 Å². The standard InChI is InChI=1S/C26H29F3N2O/c1-3-4-11-23-30-25(14-7-8-15-25)24(32)31(23)17-19-12-13-21(22(16-19)26(27,28)29)20-10-6-5-9-18(20)2/h5-6,9-10,12-13,16H,3-4,7-8,11,14-15,17H2,1-2H3. The van der Waals surface area contributed by atoms with Gasteiger partial charge in [-0.1, -0.05) is 62.6 Å². The van der Waals surface area contributed by atoms with Gasteiger partial charge in [0.05, 0.1) is 12.1 Å². The Hall–Kier alpha value is -2.63. The number of aliphatic imine (C=N–C) groups is 1. The maximum absolute atomic E-state index is 14.0. The molecule has 0 aromatic heterocycles. The molecule has 1 saturated carbocycles. The third-order valence-corrected chi connectivity index (χ3v) is 6.65. The summed E-state index contributed by atoms with van der Waals surface area (Å²) in [6.07, 6.45) is 1.46. The van der Waals surface area contributed by atoms with Gasteiger partial charge >= 0.3 is 6.18 Å². The molecular weight excluding hydrogens is 413 g/mol. The van der Waals surface area contributed by atoms with Gasteiger partial charge < -0.3 is 0 Å². The van der Waals surface area contributed by atoms with Crippen LogP contribution in [-0.2, 0) is 17.5 Å². The highest BCUT2D eigenvalue weighted by molar-refractivity contribution is 6.08. The number of nitrogens with zero attached hydrogens (tertiary/aromatic N) is 2. The molecule has 1 heterocycles. The molecule has 1 aliphatic heterocycles. The first-order chi connectivity index (χ1) is 15.2. The van der Waals surface area contributed by atoms with Crippen LogP contribution < -0.4 is 0 Å². The molecule has 4 rings (SSSR count). The quantitative estimate of drug-likeness (QED) is 0.478. The van der Waals surface area contributed by atoms with Crippen LogP contribution in [0.2, 0.25) is 0 Å². The van der Waals surface area contributed by atoms with Crippen LogP contribution in [-0.4, -0.2) is 22.2 Å². The summed E-state index contributed by atoms with van der Waals surface area (Å²) >= 11 is 0. The topological polar surface area (TPSA) is 32.7 Å². The number of amides is 1. The van der Waals surface area contributed by atoms with E-state index in [1.807, 2.05) is 19.1 Å². The molecule has 2 aromatic rings. The van der Waals surface area contributed by atoms with E-state index in [9.17, 15) is 18.0 Å². The molecule has 1 aliphatic carbocycles. The summed E-state index contributed by atoms with van der Waals surface area (Å²) < 4.78 is 42.0. The van der Waals surface area contributed by atoms with E-state index in [-0.39, 0.29) is 18.0 Å². The van der Waals surface area contributed by atoms with Crippen molar-refractivity contribution in [1.82, 2.24) is 4.90 Å². The van der Waals surface area contributed by atoms with E-state index in [2.05, 4.69) is 6.92 Å². The van der Waals surface area contributed by atoms with Crippen molar-refractivity contribution in [2.45, 2.75) is 77.1 Å². The molecule has 3 nitrogen and oxygen atoms in total. The van der Waals surface area contributed by atoms with Gasteiger partial charge in [-0.05, 0) is 54.5 Å². The summed E-state index contributed by atoms with van der Waals surface area (Å²) in [6.45, 7) is 4.01. The minimum absolute atomic E-state index is 0.0438. The summed E-state index contributed by atoms with van der Waals surface area (Å²) in [4.78, 5) is 19.8. The molecule has 0 bridgehead atoms. The number of halogens is 3. The third-order valence-electron chi connectivity index (χ3n) is 6.65. The van der Waals surface area contributed by atoms with Crippen molar-refractivity contribution in [3.05, 3.63) is 59.2 Å². The van der Waals surface area contributed by atoms with Gasteiger partial charge in [0.1, 0.15) is 11.4 Å². The molecule has 2 aromatic carbocycles. The predicted octanol–water partition coefficient (Wildman–Crippen LogP) is 6.92. The second kappa shape index (κ2) is 8.72. The Labute approximate surface area is 187 Å². The number of hydrogen-bond acceptors (Lipinski definition) is 2. The average Bonchev–Trinajstić information content (AvgIpc) is 3.33. The normalized spacial score (nSPS) is 18.0. The van der Waals surface area contributed by atoms with Gasteiger partial charge in [0.15, 0.2) is 0 Å². The summed E-state index contributed by atoms with van der Waals surface area (Å²) in [5, 5.41) is 0. The highest BCUT2D eigenvalue weighted by atomic mass is 19.4. The van der Waals surface area contributed by atoms with Crippen molar-refractivity contribution in [3.8, 4) is 11.1 Å². The number of hydrogen-bond donors (Lipinski definition) is 0. The van der Waals surface area contributed by atoms with Gasteiger partial charge in [-0.15, -0.1) is 0 Å². The molecule has 32 heavy (non-hydrogen) atoms. The molecule has 0 saturated heterocycles. The highest BCUT2D eigenvalue weighted by Gasteiger charge is 2.49. The van der Waals surface area contributed by atoms with Crippen LogP contribution in [0, 0.1) is 6.92 Å². The lowest BCUT2D eigenvalue weighted by atomic mass is 9.93. The van der Waals surface area contributed by atoms with E-state index in [0.29, 0.717) is 17.5 Å². The molecule has 6 heteroatoms. The van der Waals surface area contributed by atoms with Crippen LogP contribution in [0.25, 0.3) is 11.1 Å². The van der Waals surface area contributed by atoms with Crippen LogP contribution in [0.15, 0.2) is 47.5 Å². The highest BCUT2D eigenvalue weighted by Crippen LogP contribution is 2.42. The summed E-state index contributed by atoms with van der Waals surface area (Å²) in [5.41, 5.74) is 0.647. The van der Waals surface area contributed by atoms with Crippen molar-refractivity contribution < 1.29 is 18.0 Å². The Morgan fingerprint density at radius 1 is 1.06 bits per heavy atom. The molecule has 170 valence electrons. The van der Waals surface area contributed by atoms with Gasteiger partial charge in [-0.2, -0.15) is 13.2 Å². The van der Waals surface area contributed by atoms with Gasteiger partial charge in [-0.25, -0.2) is 0 Å². The SMILES string of the molecule is CCCCC1=NC2(CCCC2)C(=O)N1Cc1ccc(-c2ccccc2C)c(C(F)(F)F)c1. The number of aryl methyl sites for hydroxylation is 1. The Bertz CT molecular complexity index is 1040. The monoisotopic (exact) mass is 442 g/mol. The Balaban J connectivity index is 1.69. The van der Waals surface area contributed by atoms with E-state index in [4.69, 9.17) is 4.99 Å². The lowest BCUT2D eigenvalue weighted by molar-refractivity contribution is -0.137. The second-order valence-corrected chi connectivity index (χ2v) is 8.95. The zero-order valence-corrected chi connectivity index (χ0v) is 18.6. The molecule has 1 fully saturated rings. The first-order valence-corrected chi connectivity index (χ1v) is 11.4. The van der Waals surface area contributed by atoms with Crippen LogP contribution in [0.3, 0.4) is 0 Å². The van der Waals surface area contributed by atoms with E-state index < -0.39 is 17.3 Å². The van der Waals surface area contributed by atoms with Crippen LogP contribution in [0.5, 0.6) is 0 Å². The molecule has 0 N–H and O–H groups in total. The Kier molecular flexibility index (Phi) is 6.15. The van der Waals surface area contributed by atoms with Gasteiger partial charge in [0.25, 0.3) is 5.91 Å². The maximum atomic E-state index is 14.0. The van der Waals surface area contributed by atoms with E-state index in [0.717, 1.165) is 49.9 Å². The van der Waals surface area contributed by atoms with Crippen LogP contribution in [0.4, 0.5) is 13.2 Å². The molecule has 0 unspecified atom stereocenters. The smallest absolute Gasteiger partial charge is 0.294 e. The fourth-order valence-corrected chi connectivity index (χ4v) is 4.91. The number of amidine groups is 1. The second-order valence-electron chi connectivity index (χ2n) is 8.95. The predicted molar refractivity (Wildman–Crippen MR) is 120 cm³/mol. The lowest BCUT2D eigenvalue weighted by Gasteiger charge is -2.23. The largest absolute Gasteiger partial charge is 0.417 e. The molecule has 0 radical (unpaired) electrons. The maximum Gasteiger partial charge on any atom is 0.417 e. The van der Waals surface area contributed by atoms with E-state index in [1.165, 1.54) is 12.1 Å². The minimum Gasteiger partial charge on any atom is -0.294 e. The molecule has 0 atom stereocenters. The molecule has 1 spiro atoms. The Morgan fingerprint density at radius 3 is 2.44 bits per heavy atom. The summed E-state index contributed by atoms with van der Waals surface area (Å²) in [7, 11) is 0. The lowest BCUT2D eigenvalue weighted by Crippen LogP contribution is -2.40. The van der Waals surface area contributed by atoms with Gasteiger partial charge in [0.2, 0.25) is 0 Å². The number of carbonyl (C=O) groups is 1. The van der Waals surface area contributed by atoms with Crippen LogP contribution in [0.1, 0.15) is 68.6 Å². The third kappa shape index (κ3) is 4.19. The first-order valence-electron chi connectivity index (χ1n) is 11.4. The number of rotatable bonds is 6. The van der Waals surface area contributed by atoms with Crippen molar-refractivity contribution in [3.63, 3.8) is 0 Å². The fourth-order valence-electron chi connectivity index (χ4n) is 4.91. The van der Waals surface area contributed by atoms with Gasteiger partial charge in [-0.3, -0.25) is 14.7 Å². The number of alkyl halides is 3. The zero-order chi connectivity index (χ0) is 22.9. The first kappa shape index (κ1) is 22.6. The van der Waals surface area contributed by atoms with E-state index in [1.54, 1.807) is 23.1 Å². The molecule has 2 aliphatic rings. The molecular formula is C26H29F3N2O. The summed E-state index contributed by atoms with van der Waals surface area (Å²) in [5.74, 6) is 0.688. The average molecular weight is 443 g/mol. The number of carbonyl (C=O) groups excluding carboxylic acids is 1. The van der Waals surface area contributed by atoms with Crippen molar-refractivity contribution in [1.29, 1.82) is 0 Å². The fraction of sp³-hybridized carbons (Fsp3) is 0.462. The van der Waals surface area contributed by atoms with Crippen molar-refractivity contribution in [2.24, 2.45) is 4.99 Å². The van der Waals surface area contributed by atoms with Crippen molar-refractivity contribution in [2.75, 3.05) is 0 Å². The number of benzene rings is 2. The van der Waals surface area contributed by atoms with Gasteiger partial charge in [0, 0.05) is 6.42 Å². The summed E-state index contributed by atoms with van der Waals surface area (Å²) in [6, 6.07) is 11.5. The molecule has 1 amide bonds.